The molecule has 2 bridgehead atoms. The molecule has 4 heteroatoms. The maximum absolute atomic E-state index is 10.5. The van der Waals surface area contributed by atoms with E-state index in [1.165, 1.54) is 81.8 Å². The summed E-state index contributed by atoms with van der Waals surface area (Å²) in [6.07, 6.45) is 13.2. The van der Waals surface area contributed by atoms with Crippen molar-refractivity contribution in [3.63, 3.8) is 0 Å². The first-order chi connectivity index (χ1) is 12.7. The number of fused-ring (bicyclic) bond motifs is 1. The number of aromatic hydroxyl groups is 1. The van der Waals surface area contributed by atoms with Crippen LogP contribution in [0.4, 0.5) is 0 Å². The van der Waals surface area contributed by atoms with E-state index < -0.39 is 0 Å². The van der Waals surface area contributed by atoms with Crippen molar-refractivity contribution in [2.24, 2.45) is 17.0 Å². The summed E-state index contributed by atoms with van der Waals surface area (Å²) < 4.78 is 0. The number of nitrogens with zero attached hydrogens (tertiary/aromatic N) is 2. The summed E-state index contributed by atoms with van der Waals surface area (Å²) in [5.74, 6) is 1.93. The topological polar surface area (TPSA) is 56.1 Å². The lowest BCUT2D eigenvalue weighted by Crippen LogP contribution is -2.61. The van der Waals surface area contributed by atoms with Crippen LogP contribution in [0.2, 0.25) is 0 Å². The third-order valence-electron chi connectivity index (χ3n) is 8.01. The van der Waals surface area contributed by atoms with E-state index in [2.05, 4.69) is 16.1 Å². The Morgan fingerprint density at radius 2 is 2.04 bits per heavy atom. The van der Waals surface area contributed by atoms with E-state index in [0.717, 1.165) is 18.3 Å². The molecule has 140 valence electrons. The van der Waals surface area contributed by atoms with Crippen LogP contribution in [0.15, 0.2) is 17.3 Å². The van der Waals surface area contributed by atoms with Crippen molar-refractivity contribution in [1.82, 2.24) is 4.90 Å². The molecule has 1 aliphatic heterocycles. The van der Waals surface area contributed by atoms with Gasteiger partial charge in [0.1, 0.15) is 5.75 Å². The number of phenolic OH excluding ortho intramolecular Hbond substituents is 1. The average molecular weight is 354 g/mol. The highest BCUT2D eigenvalue weighted by Gasteiger charge is 2.54. The van der Waals surface area contributed by atoms with Gasteiger partial charge in [0, 0.05) is 23.6 Å². The number of rotatable bonds is 3. The fourth-order valence-corrected chi connectivity index (χ4v) is 6.55. The lowest BCUT2D eigenvalue weighted by atomic mass is 9.52. The van der Waals surface area contributed by atoms with E-state index in [1.807, 2.05) is 6.07 Å². The Kier molecular flexibility index (Phi) is 4.00. The molecule has 1 aromatic rings. The van der Waals surface area contributed by atoms with Crippen LogP contribution in [-0.4, -0.2) is 40.6 Å². The lowest BCUT2D eigenvalue weighted by Gasteiger charge is -2.59. The SMILES string of the molecule is O/N=C/c1cc2c(cc1O)[C@@]13CCCCC1C(C2)N(CC1CCC1)CC3. The van der Waals surface area contributed by atoms with Gasteiger partial charge in [-0.05, 0) is 80.2 Å². The summed E-state index contributed by atoms with van der Waals surface area (Å²) in [4.78, 5) is 2.81. The summed E-state index contributed by atoms with van der Waals surface area (Å²) in [6, 6.07) is 4.74. The monoisotopic (exact) mass is 354 g/mol. The molecule has 0 amide bonds. The molecule has 3 aliphatic carbocycles. The molecule has 5 rings (SSSR count). The van der Waals surface area contributed by atoms with Crippen LogP contribution in [0.5, 0.6) is 5.75 Å². The molecule has 2 saturated carbocycles. The number of benzene rings is 1. The minimum absolute atomic E-state index is 0.260. The number of hydrogen-bond acceptors (Lipinski definition) is 4. The van der Waals surface area contributed by atoms with Crippen LogP contribution in [0.3, 0.4) is 0 Å². The number of likely N-dealkylation sites (tertiary alicyclic amines) is 1. The molecule has 4 nitrogen and oxygen atoms in total. The van der Waals surface area contributed by atoms with Gasteiger partial charge >= 0.3 is 0 Å². The molecule has 1 aromatic carbocycles. The predicted octanol–water partition coefficient (Wildman–Crippen LogP) is 4.06. The molecular weight excluding hydrogens is 324 g/mol. The van der Waals surface area contributed by atoms with E-state index in [0.29, 0.717) is 11.6 Å². The van der Waals surface area contributed by atoms with Gasteiger partial charge in [-0.1, -0.05) is 24.4 Å². The number of hydrogen-bond donors (Lipinski definition) is 2. The van der Waals surface area contributed by atoms with Gasteiger partial charge in [0.15, 0.2) is 0 Å². The number of oxime groups is 1. The molecule has 4 aliphatic rings. The van der Waals surface area contributed by atoms with Gasteiger partial charge in [-0.3, -0.25) is 4.90 Å². The van der Waals surface area contributed by atoms with E-state index in [-0.39, 0.29) is 11.2 Å². The normalized spacial score (nSPS) is 34.3. The largest absolute Gasteiger partial charge is 0.507 e. The third-order valence-corrected chi connectivity index (χ3v) is 8.01. The first-order valence-corrected chi connectivity index (χ1v) is 10.5. The van der Waals surface area contributed by atoms with Crippen molar-refractivity contribution < 1.29 is 10.3 Å². The van der Waals surface area contributed by atoms with E-state index in [4.69, 9.17) is 5.21 Å². The maximum Gasteiger partial charge on any atom is 0.124 e. The molecule has 1 saturated heterocycles. The van der Waals surface area contributed by atoms with Crippen molar-refractivity contribution >= 4 is 6.21 Å². The molecule has 2 N–H and O–H groups in total. The Morgan fingerprint density at radius 3 is 2.81 bits per heavy atom. The molecule has 1 heterocycles. The van der Waals surface area contributed by atoms with Crippen molar-refractivity contribution in [2.75, 3.05) is 13.1 Å². The summed E-state index contributed by atoms with van der Waals surface area (Å²) in [7, 11) is 0. The molecule has 0 spiro atoms. The second kappa shape index (κ2) is 6.26. The predicted molar refractivity (Wildman–Crippen MR) is 102 cm³/mol. The summed E-state index contributed by atoms with van der Waals surface area (Å²) in [5, 5.41) is 22.5. The zero-order chi connectivity index (χ0) is 17.7. The van der Waals surface area contributed by atoms with Crippen molar-refractivity contribution in [3.05, 3.63) is 28.8 Å². The third kappa shape index (κ3) is 2.41. The van der Waals surface area contributed by atoms with Gasteiger partial charge in [-0.2, -0.15) is 0 Å². The Morgan fingerprint density at radius 1 is 1.15 bits per heavy atom. The van der Waals surface area contributed by atoms with E-state index >= 15 is 0 Å². The Balaban J connectivity index is 1.56. The van der Waals surface area contributed by atoms with Crippen LogP contribution >= 0.6 is 0 Å². The van der Waals surface area contributed by atoms with Gasteiger partial charge < -0.3 is 10.3 Å². The van der Waals surface area contributed by atoms with Gasteiger partial charge in [-0.15, -0.1) is 0 Å². The minimum atomic E-state index is 0.260. The van der Waals surface area contributed by atoms with Crippen LogP contribution in [0.25, 0.3) is 0 Å². The highest BCUT2D eigenvalue weighted by Crippen LogP contribution is 2.56. The molecule has 0 aromatic heterocycles. The summed E-state index contributed by atoms with van der Waals surface area (Å²) in [6.45, 7) is 2.51. The fraction of sp³-hybridized carbons (Fsp3) is 0.682. The van der Waals surface area contributed by atoms with Crippen LogP contribution < -0.4 is 0 Å². The molecule has 0 radical (unpaired) electrons. The number of phenols is 1. The summed E-state index contributed by atoms with van der Waals surface area (Å²) in [5.41, 5.74) is 3.67. The smallest absolute Gasteiger partial charge is 0.124 e. The van der Waals surface area contributed by atoms with Crippen molar-refractivity contribution in [1.29, 1.82) is 0 Å². The first kappa shape index (κ1) is 16.6. The highest BCUT2D eigenvalue weighted by atomic mass is 16.4. The van der Waals surface area contributed by atoms with Crippen molar-refractivity contribution in [3.8, 4) is 5.75 Å². The standard InChI is InChI=1S/C22H30N2O2/c25-21-12-19-16(10-17(21)13-23-26)11-20-18-6-1-2-7-22(18,19)8-9-24(20)14-15-4-3-5-15/h10,12-13,15,18,20,25-26H,1-9,11,14H2/b23-13+/t18?,20?,22-/m1/s1. The Hall–Kier alpha value is -1.55. The van der Waals surface area contributed by atoms with Gasteiger partial charge in [0.05, 0.1) is 6.21 Å². The Bertz CT molecular complexity index is 727. The van der Waals surface area contributed by atoms with Crippen LogP contribution in [-0.2, 0) is 11.8 Å². The van der Waals surface area contributed by atoms with Crippen LogP contribution in [0, 0.1) is 11.8 Å². The molecular formula is C22H30N2O2. The molecule has 3 atom stereocenters. The van der Waals surface area contributed by atoms with Gasteiger partial charge in [0.2, 0.25) is 0 Å². The second-order valence-corrected chi connectivity index (χ2v) is 9.13. The second-order valence-electron chi connectivity index (χ2n) is 9.13. The van der Waals surface area contributed by atoms with Gasteiger partial charge in [-0.25, -0.2) is 0 Å². The van der Waals surface area contributed by atoms with Crippen molar-refractivity contribution in [2.45, 2.75) is 69.2 Å². The molecule has 3 fully saturated rings. The zero-order valence-corrected chi connectivity index (χ0v) is 15.5. The first-order valence-electron chi connectivity index (χ1n) is 10.5. The quantitative estimate of drug-likeness (QED) is 0.489. The minimum Gasteiger partial charge on any atom is -0.507 e. The number of piperidine rings is 1. The Labute approximate surface area is 155 Å². The zero-order valence-electron chi connectivity index (χ0n) is 15.5. The van der Waals surface area contributed by atoms with E-state index in [9.17, 15) is 5.11 Å². The average Bonchev–Trinajstić information content (AvgIpc) is 2.61. The van der Waals surface area contributed by atoms with E-state index in [1.54, 1.807) is 0 Å². The highest BCUT2D eigenvalue weighted by molar-refractivity contribution is 5.83. The molecule has 2 unspecified atom stereocenters. The molecule has 26 heavy (non-hydrogen) atoms. The summed E-state index contributed by atoms with van der Waals surface area (Å²) >= 11 is 0. The fourth-order valence-electron chi connectivity index (χ4n) is 6.55. The van der Waals surface area contributed by atoms with Crippen LogP contribution in [0.1, 0.15) is 68.1 Å². The maximum atomic E-state index is 10.5. The lowest BCUT2D eigenvalue weighted by molar-refractivity contribution is -0.0240. The van der Waals surface area contributed by atoms with Gasteiger partial charge in [0.25, 0.3) is 0 Å².